The van der Waals surface area contributed by atoms with Gasteiger partial charge in [-0.2, -0.15) is 5.26 Å². The second-order valence-electron chi connectivity index (χ2n) is 4.61. The maximum Gasteiger partial charge on any atom is 0.0995 e. The first-order valence-electron chi connectivity index (χ1n) is 6.41. The molecule has 0 aliphatic rings. The van der Waals surface area contributed by atoms with Crippen LogP contribution >= 0.6 is 0 Å². The van der Waals surface area contributed by atoms with E-state index in [-0.39, 0.29) is 6.61 Å². The molecule has 0 spiro atoms. The lowest BCUT2D eigenvalue weighted by molar-refractivity contribution is 0.299. The van der Waals surface area contributed by atoms with Crippen LogP contribution in [0.2, 0.25) is 0 Å². The number of aliphatic hydroxyl groups is 1. The van der Waals surface area contributed by atoms with E-state index in [4.69, 9.17) is 16.1 Å². The first-order chi connectivity index (χ1) is 9.65. The van der Waals surface area contributed by atoms with Crippen LogP contribution in [0.5, 0.6) is 0 Å². The van der Waals surface area contributed by atoms with E-state index >= 15 is 0 Å². The summed E-state index contributed by atoms with van der Waals surface area (Å²) in [5.41, 5.74) is 10.8. The van der Waals surface area contributed by atoms with Gasteiger partial charge in [0.25, 0.3) is 0 Å². The number of nitrogens with two attached hydrogens (primary N) is 1. The number of nitrogens with one attached hydrogen (secondary N) is 1. The van der Waals surface area contributed by atoms with E-state index < -0.39 is 0 Å². The van der Waals surface area contributed by atoms with E-state index in [0.717, 1.165) is 22.5 Å². The molecular formula is C16H17N3O. The van der Waals surface area contributed by atoms with Crippen molar-refractivity contribution in [2.75, 3.05) is 17.7 Å². The monoisotopic (exact) mass is 267 g/mol. The van der Waals surface area contributed by atoms with Gasteiger partial charge in [-0.1, -0.05) is 12.1 Å². The molecule has 0 unspecified atom stereocenters. The lowest BCUT2D eigenvalue weighted by atomic mass is 10.1. The molecule has 102 valence electrons. The van der Waals surface area contributed by atoms with E-state index in [1.807, 2.05) is 37.3 Å². The van der Waals surface area contributed by atoms with Gasteiger partial charge in [-0.3, -0.25) is 0 Å². The Hall–Kier alpha value is -2.51. The molecule has 0 amide bonds. The highest BCUT2D eigenvalue weighted by Crippen LogP contribution is 2.28. The number of hydrogen-bond acceptors (Lipinski definition) is 4. The van der Waals surface area contributed by atoms with E-state index in [0.29, 0.717) is 17.7 Å². The Morgan fingerprint density at radius 1 is 1.20 bits per heavy atom. The first-order valence-corrected chi connectivity index (χ1v) is 6.41. The third-order valence-corrected chi connectivity index (χ3v) is 3.27. The molecule has 2 aromatic rings. The van der Waals surface area contributed by atoms with Crippen LogP contribution in [0.3, 0.4) is 0 Å². The highest BCUT2D eigenvalue weighted by molar-refractivity contribution is 5.77. The Morgan fingerprint density at radius 2 is 1.90 bits per heavy atom. The smallest absolute Gasteiger partial charge is 0.0995 e. The lowest BCUT2D eigenvalue weighted by Gasteiger charge is -2.12. The molecule has 0 radical (unpaired) electrons. The van der Waals surface area contributed by atoms with Crippen molar-refractivity contribution in [3.8, 4) is 6.07 Å². The summed E-state index contributed by atoms with van der Waals surface area (Å²) in [6, 6.07) is 13.5. The minimum Gasteiger partial charge on any atom is -0.397 e. The highest BCUT2D eigenvalue weighted by atomic mass is 16.2. The van der Waals surface area contributed by atoms with Gasteiger partial charge in [0.1, 0.15) is 0 Å². The molecule has 4 N–H and O–H groups in total. The Kier molecular flexibility index (Phi) is 4.24. The van der Waals surface area contributed by atoms with E-state index in [2.05, 4.69) is 11.4 Å². The normalized spacial score (nSPS) is 10.1. The van der Waals surface area contributed by atoms with Crippen molar-refractivity contribution in [2.24, 2.45) is 0 Å². The molecule has 0 heterocycles. The largest absolute Gasteiger partial charge is 0.397 e. The Bertz CT molecular complexity index is 642. The quantitative estimate of drug-likeness (QED) is 0.744. The fourth-order valence-electron chi connectivity index (χ4n) is 2.00. The van der Waals surface area contributed by atoms with Gasteiger partial charge in [0.2, 0.25) is 0 Å². The number of rotatable bonds is 4. The molecule has 0 fully saturated rings. The summed E-state index contributed by atoms with van der Waals surface area (Å²) in [5, 5.41) is 21.1. The predicted molar refractivity (Wildman–Crippen MR) is 80.8 cm³/mol. The average Bonchev–Trinajstić information content (AvgIpc) is 2.46. The van der Waals surface area contributed by atoms with Crippen LogP contribution in [-0.2, 0) is 6.42 Å². The van der Waals surface area contributed by atoms with Gasteiger partial charge >= 0.3 is 0 Å². The van der Waals surface area contributed by atoms with Gasteiger partial charge in [0, 0.05) is 12.3 Å². The molecule has 0 aromatic heterocycles. The summed E-state index contributed by atoms with van der Waals surface area (Å²) in [5.74, 6) is 0. The van der Waals surface area contributed by atoms with E-state index in [1.165, 1.54) is 0 Å². The second-order valence-corrected chi connectivity index (χ2v) is 4.61. The van der Waals surface area contributed by atoms with Crippen molar-refractivity contribution in [2.45, 2.75) is 13.3 Å². The van der Waals surface area contributed by atoms with Crippen LogP contribution in [-0.4, -0.2) is 11.7 Å². The Balaban J connectivity index is 2.22. The van der Waals surface area contributed by atoms with Crippen LogP contribution < -0.4 is 11.1 Å². The standard InChI is InChI=1S/C16H17N3O/c1-11-13(10-17)4-7-15(16(11)18)19-14-5-2-12(3-6-14)8-9-20/h2-7,19-20H,8-9,18H2,1H3. The molecule has 0 bridgehead atoms. The molecule has 0 saturated heterocycles. The molecule has 2 aromatic carbocycles. The number of anilines is 3. The van der Waals surface area contributed by atoms with Gasteiger partial charge in [0.05, 0.1) is 23.0 Å². The van der Waals surface area contributed by atoms with Crippen LogP contribution in [0.4, 0.5) is 17.1 Å². The minimum absolute atomic E-state index is 0.147. The number of hydrogen-bond donors (Lipinski definition) is 3. The fraction of sp³-hybridized carbons (Fsp3) is 0.188. The Morgan fingerprint density at radius 3 is 2.50 bits per heavy atom. The van der Waals surface area contributed by atoms with Crippen molar-refractivity contribution in [1.82, 2.24) is 0 Å². The molecule has 0 aliphatic carbocycles. The number of benzene rings is 2. The number of nitrogens with zero attached hydrogens (tertiary/aromatic N) is 1. The molecule has 20 heavy (non-hydrogen) atoms. The number of nitriles is 1. The summed E-state index contributed by atoms with van der Waals surface area (Å²) in [4.78, 5) is 0. The molecule has 4 heteroatoms. The summed E-state index contributed by atoms with van der Waals surface area (Å²) in [7, 11) is 0. The van der Waals surface area contributed by atoms with Crippen LogP contribution in [0, 0.1) is 18.3 Å². The molecule has 4 nitrogen and oxygen atoms in total. The van der Waals surface area contributed by atoms with Gasteiger partial charge in [-0.05, 0) is 48.7 Å². The van der Waals surface area contributed by atoms with Crippen molar-refractivity contribution in [3.63, 3.8) is 0 Å². The number of nitrogen functional groups attached to an aromatic ring is 1. The summed E-state index contributed by atoms with van der Waals surface area (Å²) >= 11 is 0. The van der Waals surface area contributed by atoms with Crippen LogP contribution in [0.25, 0.3) is 0 Å². The zero-order valence-electron chi connectivity index (χ0n) is 11.4. The van der Waals surface area contributed by atoms with Crippen molar-refractivity contribution in [1.29, 1.82) is 5.26 Å². The molecule has 0 atom stereocenters. The predicted octanol–water partition coefficient (Wildman–Crippen LogP) is 2.73. The molecule has 0 aliphatic heterocycles. The van der Waals surface area contributed by atoms with Gasteiger partial charge in [0.15, 0.2) is 0 Å². The summed E-state index contributed by atoms with van der Waals surface area (Å²) < 4.78 is 0. The fourth-order valence-corrected chi connectivity index (χ4v) is 2.00. The Labute approximate surface area is 118 Å². The first kappa shape index (κ1) is 13.9. The van der Waals surface area contributed by atoms with Crippen molar-refractivity contribution >= 4 is 17.1 Å². The highest BCUT2D eigenvalue weighted by Gasteiger charge is 2.07. The molecule has 2 rings (SSSR count). The maximum absolute atomic E-state index is 8.96. The van der Waals surface area contributed by atoms with Crippen molar-refractivity contribution in [3.05, 3.63) is 53.1 Å². The average molecular weight is 267 g/mol. The summed E-state index contributed by atoms with van der Waals surface area (Å²) in [6.45, 7) is 1.98. The van der Waals surface area contributed by atoms with Crippen molar-refractivity contribution < 1.29 is 5.11 Å². The van der Waals surface area contributed by atoms with Gasteiger partial charge < -0.3 is 16.2 Å². The second kappa shape index (κ2) is 6.09. The van der Waals surface area contributed by atoms with Gasteiger partial charge in [-0.25, -0.2) is 0 Å². The molecule has 0 saturated carbocycles. The third-order valence-electron chi connectivity index (χ3n) is 3.27. The minimum atomic E-state index is 0.147. The lowest BCUT2D eigenvalue weighted by Crippen LogP contribution is -2.00. The maximum atomic E-state index is 8.96. The third kappa shape index (κ3) is 2.90. The SMILES string of the molecule is Cc1c(C#N)ccc(Nc2ccc(CCO)cc2)c1N. The summed E-state index contributed by atoms with van der Waals surface area (Å²) in [6.07, 6.45) is 0.651. The van der Waals surface area contributed by atoms with E-state index in [9.17, 15) is 0 Å². The zero-order chi connectivity index (χ0) is 14.5. The number of aliphatic hydroxyl groups excluding tert-OH is 1. The van der Waals surface area contributed by atoms with Crippen LogP contribution in [0.15, 0.2) is 36.4 Å². The molecular weight excluding hydrogens is 250 g/mol. The topological polar surface area (TPSA) is 82.1 Å². The zero-order valence-corrected chi connectivity index (χ0v) is 11.4. The van der Waals surface area contributed by atoms with Crippen LogP contribution in [0.1, 0.15) is 16.7 Å². The van der Waals surface area contributed by atoms with E-state index in [1.54, 1.807) is 6.07 Å². The van der Waals surface area contributed by atoms with Gasteiger partial charge in [-0.15, -0.1) is 0 Å².